The van der Waals surface area contributed by atoms with Crippen molar-refractivity contribution in [3.05, 3.63) is 0 Å². The highest BCUT2D eigenvalue weighted by Gasteiger charge is 1.61. The van der Waals surface area contributed by atoms with Crippen LogP contribution in [0, 0.1) is 0 Å². The normalized spacial score (nSPS) is 5.56. The molecular formula is C4H11ClN2O2. The van der Waals surface area contributed by atoms with E-state index >= 15 is 0 Å². The number of halogens is 1. The SMILES string of the molecule is CC(N)=O.CC(N)=O.Cl. The van der Waals surface area contributed by atoms with Crippen molar-refractivity contribution < 1.29 is 9.59 Å². The van der Waals surface area contributed by atoms with Crippen LogP contribution in [0.25, 0.3) is 0 Å². The van der Waals surface area contributed by atoms with Crippen molar-refractivity contribution in [2.75, 3.05) is 0 Å². The average molecular weight is 155 g/mol. The first-order valence-electron chi connectivity index (χ1n) is 1.99. The first-order chi connectivity index (χ1) is 3.46. The van der Waals surface area contributed by atoms with E-state index in [1.165, 1.54) is 13.8 Å². The Labute approximate surface area is 60.0 Å². The quantitative estimate of drug-likeness (QED) is 0.489. The fraction of sp³-hybridized carbons (Fsp3) is 0.500. The van der Waals surface area contributed by atoms with Crippen molar-refractivity contribution in [2.24, 2.45) is 11.5 Å². The topological polar surface area (TPSA) is 86.2 Å². The molecule has 0 aliphatic rings. The van der Waals surface area contributed by atoms with Crippen LogP contribution in [0.1, 0.15) is 13.8 Å². The summed E-state index contributed by atoms with van der Waals surface area (Å²) in [5.74, 6) is -0.667. The second-order valence-electron chi connectivity index (χ2n) is 1.22. The van der Waals surface area contributed by atoms with E-state index in [1.54, 1.807) is 0 Å². The number of hydrogen-bond donors (Lipinski definition) is 2. The highest BCUT2D eigenvalue weighted by Crippen LogP contribution is 1.33. The van der Waals surface area contributed by atoms with Gasteiger partial charge in [0.1, 0.15) is 0 Å². The second kappa shape index (κ2) is 10.3. The van der Waals surface area contributed by atoms with Gasteiger partial charge in [0.25, 0.3) is 0 Å². The minimum absolute atomic E-state index is 0. The van der Waals surface area contributed by atoms with Crippen LogP contribution in [0.15, 0.2) is 0 Å². The third-order valence-corrected chi connectivity index (χ3v) is 0. The van der Waals surface area contributed by atoms with Crippen LogP contribution in [0.5, 0.6) is 0 Å². The summed E-state index contributed by atoms with van der Waals surface area (Å²) in [5, 5.41) is 0. The Morgan fingerprint density at radius 1 is 1.00 bits per heavy atom. The highest BCUT2D eigenvalue weighted by molar-refractivity contribution is 5.85. The molecule has 0 atom stereocenters. The van der Waals surface area contributed by atoms with Crippen molar-refractivity contribution in [3.63, 3.8) is 0 Å². The van der Waals surface area contributed by atoms with Crippen molar-refractivity contribution in [1.29, 1.82) is 0 Å². The molecule has 0 rings (SSSR count). The number of nitrogens with two attached hydrogens (primary N) is 2. The molecule has 0 aromatic rings. The van der Waals surface area contributed by atoms with E-state index in [-0.39, 0.29) is 24.2 Å². The molecule has 0 aromatic heterocycles. The van der Waals surface area contributed by atoms with Crippen LogP contribution in [-0.4, -0.2) is 11.8 Å². The van der Waals surface area contributed by atoms with E-state index in [1.807, 2.05) is 0 Å². The Morgan fingerprint density at radius 2 is 1.00 bits per heavy atom. The van der Waals surface area contributed by atoms with Gasteiger partial charge in [0, 0.05) is 13.8 Å². The molecule has 5 heteroatoms. The number of primary amides is 2. The summed E-state index contributed by atoms with van der Waals surface area (Å²) in [7, 11) is 0. The van der Waals surface area contributed by atoms with E-state index in [4.69, 9.17) is 0 Å². The molecule has 0 aliphatic heterocycles. The van der Waals surface area contributed by atoms with Gasteiger partial charge in [0.15, 0.2) is 0 Å². The molecule has 56 valence electrons. The summed E-state index contributed by atoms with van der Waals surface area (Å²) in [6.45, 7) is 2.61. The van der Waals surface area contributed by atoms with Crippen LogP contribution >= 0.6 is 12.4 Å². The predicted molar refractivity (Wildman–Crippen MR) is 37.0 cm³/mol. The van der Waals surface area contributed by atoms with Gasteiger partial charge in [-0.3, -0.25) is 9.59 Å². The molecule has 0 saturated carbocycles. The highest BCUT2D eigenvalue weighted by atomic mass is 35.5. The van der Waals surface area contributed by atoms with Crippen LogP contribution < -0.4 is 11.5 Å². The van der Waals surface area contributed by atoms with Crippen molar-refractivity contribution in [1.82, 2.24) is 0 Å². The smallest absolute Gasteiger partial charge is 0.214 e. The Morgan fingerprint density at radius 3 is 1.00 bits per heavy atom. The van der Waals surface area contributed by atoms with Crippen molar-refractivity contribution in [2.45, 2.75) is 13.8 Å². The summed E-state index contributed by atoms with van der Waals surface area (Å²) in [4.78, 5) is 18.4. The van der Waals surface area contributed by atoms with Gasteiger partial charge in [-0.1, -0.05) is 0 Å². The molecule has 9 heavy (non-hydrogen) atoms. The molecule has 0 saturated heterocycles. The average Bonchev–Trinajstić information content (AvgIpc) is 1.25. The molecule has 4 nitrogen and oxygen atoms in total. The molecule has 0 heterocycles. The Hall–Kier alpha value is -0.770. The zero-order chi connectivity index (χ0) is 7.15. The lowest BCUT2D eigenvalue weighted by Crippen LogP contribution is -2.01. The maximum Gasteiger partial charge on any atom is 0.214 e. The van der Waals surface area contributed by atoms with E-state index in [0.29, 0.717) is 0 Å². The van der Waals surface area contributed by atoms with Gasteiger partial charge in [-0.05, 0) is 0 Å². The first-order valence-corrected chi connectivity index (χ1v) is 1.99. The summed E-state index contributed by atoms with van der Waals surface area (Å²) in [5.41, 5.74) is 8.94. The monoisotopic (exact) mass is 154 g/mol. The number of amides is 2. The van der Waals surface area contributed by atoms with Crippen molar-refractivity contribution >= 4 is 24.2 Å². The third kappa shape index (κ3) is 334. The minimum Gasteiger partial charge on any atom is -0.370 e. The Balaban J connectivity index is -0.0000000720. The maximum atomic E-state index is 9.22. The predicted octanol–water partition coefficient (Wildman–Crippen LogP) is -0.595. The summed E-state index contributed by atoms with van der Waals surface area (Å²) < 4.78 is 0. The third-order valence-electron chi connectivity index (χ3n) is 0. The van der Waals surface area contributed by atoms with Gasteiger partial charge < -0.3 is 11.5 Å². The molecule has 0 fully saturated rings. The Kier molecular flexibility index (Phi) is 17.9. The van der Waals surface area contributed by atoms with Crippen LogP contribution in [0.3, 0.4) is 0 Å². The molecule has 0 spiro atoms. The lowest BCUT2D eigenvalue weighted by molar-refractivity contribution is -0.116. The number of carbonyl (C=O) groups excluding carboxylic acids is 2. The first kappa shape index (κ1) is 15.7. The largest absolute Gasteiger partial charge is 0.370 e. The Bertz CT molecular complexity index is 74.6. The molecule has 0 aliphatic carbocycles. The zero-order valence-electron chi connectivity index (χ0n) is 5.38. The molecule has 4 N–H and O–H groups in total. The van der Waals surface area contributed by atoms with E-state index in [0.717, 1.165) is 0 Å². The van der Waals surface area contributed by atoms with Crippen LogP contribution in [0.2, 0.25) is 0 Å². The molecular weight excluding hydrogens is 144 g/mol. The maximum absolute atomic E-state index is 9.22. The van der Waals surface area contributed by atoms with Gasteiger partial charge in [-0.2, -0.15) is 0 Å². The lowest BCUT2D eigenvalue weighted by atomic mass is 10.8. The van der Waals surface area contributed by atoms with E-state index in [9.17, 15) is 9.59 Å². The molecule has 0 aromatic carbocycles. The van der Waals surface area contributed by atoms with E-state index < -0.39 is 0 Å². The van der Waals surface area contributed by atoms with Gasteiger partial charge in [-0.15, -0.1) is 12.4 Å². The van der Waals surface area contributed by atoms with Gasteiger partial charge in [0.2, 0.25) is 11.8 Å². The minimum atomic E-state index is -0.333. The van der Waals surface area contributed by atoms with Crippen LogP contribution in [0.4, 0.5) is 0 Å². The van der Waals surface area contributed by atoms with Crippen LogP contribution in [-0.2, 0) is 9.59 Å². The standard InChI is InChI=1S/2C2H5NO.ClH/c2*1-2(3)4;/h2*1H3,(H2,3,4);1H. The van der Waals surface area contributed by atoms with Gasteiger partial charge in [-0.25, -0.2) is 0 Å². The van der Waals surface area contributed by atoms with E-state index in [2.05, 4.69) is 11.5 Å². The summed E-state index contributed by atoms with van der Waals surface area (Å²) in [6, 6.07) is 0. The summed E-state index contributed by atoms with van der Waals surface area (Å²) >= 11 is 0. The lowest BCUT2D eigenvalue weighted by Gasteiger charge is -1.60. The van der Waals surface area contributed by atoms with Gasteiger partial charge in [0.05, 0.1) is 0 Å². The zero-order valence-corrected chi connectivity index (χ0v) is 6.20. The fourth-order valence-electron chi connectivity index (χ4n) is 0. The number of carbonyl (C=O) groups is 2. The molecule has 2 amide bonds. The molecule has 0 bridgehead atoms. The number of hydrogen-bond acceptors (Lipinski definition) is 2. The van der Waals surface area contributed by atoms with Gasteiger partial charge >= 0.3 is 0 Å². The molecule has 0 unspecified atom stereocenters. The van der Waals surface area contributed by atoms with Crippen molar-refractivity contribution in [3.8, 4) is 0 Å². The summed E-state index contributed by atoms with van der Waals surface area (Å²) in [6.07, 6.45) is 0. The molecule has 0 radical (unpaired) electrons. The number of rotatable bonds is 0. The second-order valence-corrected chi connectivity index (χ2v) is 1.22. The fourth-order valence-corrected chi connectivity index (χ4v) is 0.